The first-order valence-corrected chi connectivity index (χ1v) is 7.71. The van der Waals surface area contributed by atoms with Crippen LogP contribution < -0.4 is 9.47 Å². The molecular weight excluding hydrogens is 344 g/mol. The van der Waals surface area contributed by atoms with E-state index in [0.29, 0.717) is 22.5 Å². The second kappa shape index (κ2) is 7.87. The molecule has 128 valence electrons. The third kappa shape index (κ3) is 4.01. The van der Waals surface area contributed by atoms with E-state index in [1.807, 2.05) is 18.2 Å². The van der Waals surface area contributed by atoms with Crippen molar-refractivity contribution in [1.29, 1.82) is 0 Å². The minimum absolute atomic E-state index is 0.107. The molecule has 0 fully saturated rings. The van der Waals surface area contributed by atoms with Crippen LogP contribution in [0.1, 0.15) is 0 Å². The van der Waals surface area contributed by atoms with Gasteiger partial charge >= 0.3 is 0 Å². The van der Waals surface area contributed by atoms with E-state index in [9.17, 15) is 0 Å². The van der Waals surface area contributed by atoms with Crippen LogP contribution in [0.3, 0.4) is 0 Å². The number of ether oxygens (including phenoxy) is 3. The lowest BCUT2D eigenvalue weighted by Crippen LogP contribution is -2.01. The summed E-state index contributed by atoms with van der Waals surface area (Å²) in [4.78, 5) is 0. The first-order chi connectivity index (χ1) is 12.2. The number of hydrogen-bond acceptors (Lipinski definition) is 7. The number of hydrogen-bond donors (Lipinski definition) is 0. The highest BCUT2D eigenvalue weighted by atomic mass is 35.5. The fourth-order valence-corrected chi connectivity index (χ4v) is 2.32. The van der Waals surface area contributed by atoms with Gasteiger partial charge in [-0.05, 0) is 29.8 Å². The Kier molecular flexibility index (Phi) is 5.37. The van der Waals surface area contributed by atoms with Gasteiger partial charge in [-0.15, -0.1) is 15.3 Å². The highest BCUT2D eigenvalue weighted by molar-refractivity contribution is 6.29. The van der Waals surface area contributed by atoms with Crippen molar-refractivity contribution in [3.8, 4) is 34.0 Å². The molecule has 0 aliphatic carbocycles. The van der Waals surface area contributed by atoms with Gasteiger partial charge in [0.25, 0.3) is 0 Å². The molecule has 7 nitrogen and oxygen atoms in total. The molecule has 0 bridgehead atoms. The van der Waals surface area contributed by atoms with Gasteiger partial charge < -0.3 is 14.2 Å². The molecule has 0 saturated carbocycles. The number of aromatic nitrogens is 4. The van der Waals surface area contributed by atoms with Gasteiger partial charge in [0.05, 0.1) is 19.0 Å². The maximum absolute atomic E-state index is 5.81. The number of methoxy groups -OCH3 is 2. The molecule has 0 radical (unpaired) electrons. The van der Waals surface area contributed by atoms with E-state index in [0.717, 1.165) is 16.7 Å². The predicted molar refractivity (Wildman–Crippen MR) is 92.6 cm³/mol. The van der Waals surface area contributed by atoms with Crippen molar-refractivity contribution in [3.63, 3.8) is 0 Å². The molecule has 2 aromatic heterocycles. The fraction of sp³-hybridized carbons (Fsp3) is 0.176. The standard InChI is InChI=1S/C17H15ClN4O3/c1-23-10-25-15-7-11(12-8-17(24-2)22-19-9-12)3-4-13(15)14-5-6-16(18)21-20-14/h3-9H,10H2,1-2H3. The van der Waals surface area contributed by atoms with Crippen molar-refractivity contribution in [2.75, 3.05) is 21.0 Å². The van der Waals surface area contributed by atoms with E-state index in [4.69, 9.17) is 25.8 Å². The molecule has 0 N–H and O–H groups in total. The van der Waals surface area contributed by atoms with Crippen LogP contribution >= 0.6 is 11.6 Å². The molecule has 0 saturated heterocycles. The second-order valence-corrected chi connectivity index (χ2v) is 5.38. The predicted octanol–water partition coefficient (Wildman–Crippen LogP) is 3.25. The SMILES string of the molecule is COCOc1cc(-c2cnnc(OC)c2)ccc1-c1ccc(Cl)nn1. The second-order valence-electron chi connectivity index (χ2n) is 4.99. The molecule has 0 unspecified atom stereocenters. The largest absolute Gasteiger partial charge is 0.480 e. The molecule has 1 aromatic carbocycles. The van der Waals surface area contributed by atoms with Crippen molar-refractivity contribution in [2.24, 2.45) is 0 Å². The van der Waals surface area contributed by atoms with Crippen LogP contribution in [0.4, 0.5) is 0 Å². The summed E-state index contributed by atoms with van der Waals surface area (Å²) in [6.07, 6.45) is 1.65. The lowest BCUT2D eigenvalue weighted by Gasteiger charge is -2.12. The van der Waals surface area contributed by atoms with Crippen molar-refractivity contribution in [3.05, 3.63) is 47.7 Å². The lowest BCUT2D eigenvalue weighted by molar-refractivity contribution is 0.0515. The van der Waals surface area contributed by atoms with E-state index in [1.54, 1.807) is 38.6 Å². The van der Waals surface area contributed by atoms with Gasteiger partial charge in [-0.2, -0.15) is 5.10 Å². The normalized spacial score (nSPS) is 10.5. The smallest absolute Gasteiger partial charge is 0.233 e. The Morgan fingerprint density at radius 2 is 1.84 bits per heavy atom. The molecule has 25 heavy (non-hydrogen) atoms. The lowest BCUT2D eigenvalue weighted by atomic mass is 10.0. The van der Waals surface area contributed by atoms with Crippen LogP contribution in [0.5, 0.6) is 11.6 Å². The highest BCUT2D eigenvalue weighted by Crippen LogP contribution is 2.33. The summed E-state index contributed by atoms with van der Waals surface area (Å²) in [6, 6.07) is 11.0. The van der Waals surface area contributed by atoms with Crippen LogP contribution in [-0.2, 0) is 4.74 Å². The number of halogens is 1. The third-order valence-electron chi connectivity index (χ3n) is 3.40. The quantitative estimate of drug-likeness (QED) is 0.626. The van der Waals surface area contributed by atoms with Gasteiger partial charge in [0.15, 0.2) is 11.9 Å². The van der Waals surface area contributed by atoms with E-state index in [-0.39, 0.29) is 6.79 Å². The van der Waals surface area contributed by atoms with Crippen molar-refractivity contribution in [1.82, 2.24) is 20.4 Å². The van der Waals surface area contributed by atoms with Crippen LogP contribution in [0, 0.1) is 0 Å². The molecule has 3 rings (SSSR count). The van der Waals surface area contributed by atoms with Crippen molar-refractivity contribution >= 4 is 11.6 Å². The minimum atomic E-state index is 0.107. The molecule has 8 heteroatoms. The van der Waals surface area contributed by atoms with Crippen molar-refractivity contribution < 1.29 is 14.2 Å². The van der Waals surface area contributed by atoms with Gasteiger partial charge in [0, 0.05) is 24.3 Å². The summed E-state index contributed by atoms with van der Waals surface area (Å²) in [6.45, 7) is 0.107. The Morgan fingerprint density at radius 3 is 2.56 bits per heavy atom. The van der Waals surface area contributed by atoms with Crippen LogP contribution in [-0.4, -0.2) is 41.4 Å². The summed E-state index contributed by atoms with van der Waals surface area (Å²) < 4.78 is 15.8. The van der Waals surface area contributed by atoms with Gasteiger partial charge in [0.1, 0.15) is 5.75 Å². The van der Waals surface area contributed by atoms with Gasteiger partial charge in [-0.25, -0.2) is 0 Å². The zero-order chi connectivity index (χ0) is 17.6. The van der Waals surface area contributed by atoms with E-state index < -0.39 is 0 Å². The Bertz CT molecular complexity index is 859. The van der Waals surface area contributed by atoms with Gasteiger partial charge in [0.2, 0.25) is 5.88 Å². The highest BCUT2D eigenvalue weighted by Gasteiger charge is 2.12. The molecule has 3 aromatic rings. The summed E-state index contributed by atoms with van der Waals surface area (Å²) in [7, 11) is 3.10. The van der Waals surface area contributed by atoms with Gasteiger partial charge in [-0.1, -0.05) is 17.7 Å². The summed E-state index contributed by atoms with van der Waals surface area (Å²) in [5.41, 5.74) is 3.17. The summed E-state index contributed by atoms with van der Waals surface area (Å²) in [5, 5.41) is 16.1. The molecule has 0 amide bonds. The Morgan fingerprint density at radius 1 is 0.960 bits per heavy atom. The number of rotatable bonds is 6. The van der Waals surface area contributed by atoms with Crippen molar-refractivity contribution in [2.45, 2.75) is 0 Å². The Labute approximate surface area is 149 Å². The van der Waals surface area contributed by atoms with E-state index in [1.165, 1.54) is 0 Å². The average molecular weight is 359 g/mol. The first kappa shape index (κ1) is 17.1. The Hall–Kier alpha value is -2.77. The maximum atomic E-state index is 5.81. The molecule has 0 spiro atoms. The molecular formula is C17H15ClN4O3. The zero-order valence-corrected chi connectivity index (χ0v) is 14.4. The molecule has 0 aliphatic rings. The number of nitrogens with zero attached hydrogens (tertiary/aromatic N) is 4. The fourth-order valence-electron chi connectivity index (χ4n) is 2.22. The first-order valence-electron chi connectivity index (χ1n) is 7.33. The number of benzene rings is 1. The monoisotopic (exact) mass is 358 g/mol. The summed E-state index contributed by atoms with van der Waals surface area (Å²) >= 11 is 5.81. The van der Waals surface area contributed by atoms with Gasteiger partial charge in [-0.3, -0.25) is 0 Å². The van der Waals surface area contributed by atoms with Crippen LogP contribution in [0.2, 0.25) is 5.15 Å². The van der Waals surface area contributed by atoms with E-state index in [2.05, 4.69) is 20.4 Å². The average Bonchev–Trinajstić information content (AvgIpc) is 2.67. The molecule has 0 atom stereocenters. The third-order valence-corrected chi connectivity index (χ3v) is 3.60. The van der Waals surface area contributed by atoms with E-state index >= 15 is 0 Å². The topological polar surface area (TPSA) is 79.2 Å². The minimum Gasteiger partial charge on any atom is -0.480 e. The Balaban J connectivity index is 2.03. The van der Waals surface area contributed by atoms with Crippen LogP contribution in [0.15, 0.2) is 42.6 Å². The maximum Gasteiger partial charge on any atom is 0.233 e. The zero-order valence-electron chi connectivity index (χ0n) is 13.6. The summed E-state index contributed by atoms with van der Waals surface area (Å²) in [5.74, 6) is 1.04. The molecule has 0 aliphatic heterocycles. The van der Waals surface area contributed by atoms with Crippen LogP contribution in [0.25, 0.3) is 22.4 Å². The molecule has 2 heterocycles.